The van der Waals surface area contributed by atoms with Crippen LogP contribution in [0, 0.1) is 6.92 Å². The molecule has 0 bridgehead atoms. The van der Waals surface area contributed by atoms with E-state index >= 15 is 13.2 Å². The predicted octanol–water partition coefficient (Wildman–Crippen LogP) is 23.5. The Bertz CT molecular complexity index is 6210. The number of hydrogen-bond donors (Lipinski definition) is 0. The van der Waals surface area contributed by atoms with Crippen molar-refractivity contribution in [3.8, 4) is 61.8 Å². The molecular formula is C86H54F3N5. The molecule has 0 N–H and O–H groups in total. The lowest BCUT2D eigenvalue weighted by Crippen LogP contribution is -2.16. The third-order valence-corrected chi connectivity index (χ3v) is 19.5. The van der Waals surface area contributed by atoms with Crippen molar-refractivity contribution < 1.29 is 13.2 Å². The molecule has 0 radical (unpaired) electrons. The van der Waals surface area contributed by atoms with E-state index < -0.39 is 11.7 Å². The first-order valence-electron chi connectivity index (χ1n) is 31.8. The maximum atomic E-state index is 16.0. The highest BCUT2D eigenvalue weighted by atomic mass is 19.4. The number of benzene rings is 14. The number of halogens is 3. The number of aryl methyl sites for hydroxylation is 1. The summed E-state index contributed by atoms with van der Waals surface area (Å²) in [5.41, 5.74) is 19.0. The van der Waals surface area contributed by atoms with Gasteiger partial charge in [0, 0.05) is 70.7 Å². The van der Waals surface area contributed by atoms with Crippen LogP contribution in [0.2, 0.25) is 0 Å². The van der Waals surface area contributed by atoms with Gasteiger partial charge < -0.3 is 22.8 Å². The van der Waals surface area contributed by atoms with Crippen molar-refractivity contribution in [1.82, 2.24) is 22.8 Å². The lowest BCUT2D eigenvalue weighted by Gasteiger charge is -2.31. The Balaban J connectivity index is 1.07. The Morgan fingerprint density at radius 1 is 0.223 bits per heavy atom. The fourth-order valence-corrected chi connectivity index (χ4v) is 15.7. The van der Waals surface area contributed by atoms with E-state index in [-0.39, 0.29) is 0 Å². The van der Waals surface area contributed by atoms with E-state index in [4.69, 9.17) is 0 Å². The third kappa shape index (κ3) is 7.83. The highest BCUT2D eigenvalue weighted by Crippen LogP contribution is 2.55. The van der Waals surface area contributed by atoms with Gasteiger partial charge in [0.05, 0.1) is 83.5 Å². The van der Waals surface area contributed by atoms with Crippen LogP contribution in [0.3, 0.4) is 0 Å². The van der Waals surface area contributed by atoms with Crippen molar-refractivity contribution in [3.63, 3.8) is 0 Å². The van der Waals surface area contributed by atoms with E-state index in [0.717, 1.165) is 154 Å². The number of fused-ring (bicyclic) bond motifs is 15. The average molecular weight is 1210 g/mol. The summed E-state index contributed by atoms with van der Waals surface area (Å²) in [6, 6.07) is 107. The van der Waals surface area contributed by atoms with E-state index in [2.05, 4.69) is 315 Å². The van der Waals surface area contributed by atoms with Crippen LogP contribution in [0.25, 0.3) is 171 Å². The summed E-state index contributed by atoms with van der Waals surface area (Å²) in [5.74, 6) is 0. The van der Waals surface area contributed by atoms with Gasteiger partial charge in [-0.2, -0.15) is 13.2 Å². The van der Waals surface area contributed by atoms with E-state index in [0.29, 0.717) is 16.8 Å². The maximum Gasteiger partial charge on any atom is 0.416 e. The fraction of sp³-hybridized carbons (Fsp3) is 0.0233. The average Bonchev–Trinajstić information content (AvgIpc) is 1.38. The summed E-state index contributed by atoms with van der Waals surface area (Å²) in [5, 5.41) is 10.5. The molecular weight excluding hydrogens is 1160 g/mol. The Kier molecular flexibility index (Phi) is 11.7. The van der Waals surface area contributed by atoms with Gasteiger partial charge >= 0.3 is 6.18 Å². The fourth-order valence-electron chi connectivity index (χ4n) is 15.7. The zero-order valence-electron chi connectivity index (χ0n) is 50.8. The SMILES string of the molecule is Cc1cccc(-c2c(-n3c4ccccc4c4ccccc43)c(-c3cccc(C(F)(F)F)c3)c(-n3c4ccccc4c4ccccc43)c(-n3c4ccccc4c4cc(-c5ccc6c(c5)c5ccccc5n6-c5ccccc5)ccc43)c2-n2c3ccccc3c3ccccc32)c1. The highest BCUT2D eigenvalue weighted by Gasteiger charge is 2.37. The summed E-state index contributed by atoms with van der Waals surface area (Å²) in [6.45, 7) is 2.12. The minimum atomic E-state index is -4.69. The molecule has 0 spiro atoms. The zero-order valence-corrected chi connectivity index (χ0v) is 50.8. The molecule has 5 heterocycles. The third-order valence-electron chi connectivity index (χ3n) is 19.5. The molecule has 0 saturated carbocycles. The van der Waals surface area contributed by atoms with E-state index in [1.54, 1.807) is 6.07 Å². The van der Waals surface area contributed by atoms with Gasteiger partial charge in [-0.15, -0.1) is 0 Å². The van der Waals surface area contributed by atoms with Gasteiger partial charge in [-0.25, -0.2) is 0 Å². The van der Waals surface area contributed by atoms with Crippen LogP contribution in [0.15, 0.2) is 309 Å². The second kappa shape index (κ2) is 20.4. The number of alkyl halides is 3. The Labute approximate surface area is 537 Å². The monoisotopic (exact) mass is 1210 g/mol. The standard InChI is InChI=1S/C86H54F3N5/c1-53-23-21-24-56(49-53)80-82(91-71-38-14-5-29-60(71)61-30-6-15-39-72(61)91)81(57-25-22-26-58(50-57)86(87,88)89)84(93-75-42-18-9-33-64(75)65-34-10-19-43-76(65)93)85(83(80)92-73-40-16-7-31-62(73)63-32-8-17-41-74(63)92)94-77-44-20-12-36-67(77)69-52-55(46-48-79(69)94)54-45-47-78-68(51-54)66-35-11-13-37-70(66)90(78)59-27-3-2-4-28-59/h2-52H,1H3. The molecule has 94 heavy (non-hydrogen) atoms. The molecule has 5 aromatic heterocycles. The van der Waals surface area contributed by atoms with Crippen molar-refractivity contribution in [3.05, 3.63) is 321 Å². The molecule has 0 amide bonds. The molecule has 8 heteroatoms. The van der Waals surface area contributed by atoms with Crippen LogP contribution < -0.4 is 0 Å². The van der Waals surface area contributed by atoms with Crippen molar-refractivity contribution in [2.75, 3.05) is 0 Å². The van der Waals surface area contributed by atoms with Gasteiger partial charge in [0.25, 0.3) is 0 Å². The molecule has 0 unspecified atom stereocenters. The first-order valence-corrected chi connectivity index (χ1v) is 31.8. The second-order valence-electron chi connectivity index (χ2n) is 24.7. The largest absolute Gasteiger partial charge is 0.416 e. The summed E-state index contributed by atoms with van der Waals surface area (Å²) < 4.78 is 60.0. The molecule has 5 nitrogen and oxygen atoms in total. The van der Waals surface area contributed by atoms with E-state index in [1.807, 2.05) is 6.07 Å². The summed E-state index contributed by atoms with van der Waals surface area (Å²) in [6.07, 6.45) is -4.69. The van der Waals surface area contributed by atoms with Gasteiger partial charge in [0.1, 0.15) is 0 Å². The first kappa shape index (κ1) is 53.7. The molecule has 0 aliphatic rings. The van der Waals surface area contributed by atoms with Gasteiger partial charge in [0.2, 0.25) is 0 Å². The summed E-state index contributed by atoms with van der Waals surface area (Å²) >= 11 is 0. The van der Waals surface area contributed by atoms with Gasteiger partial charge in [-0.1, -0.05) is 218 Å². The van der Waals surface area contributed by atoms with Gasteiger partial charge in [-0.05, 0) is 126 Å². The maximum absolute atomic E-state index is 16.0. The van der Waals surface area contributed by atoms with E-state index in [1.165, 1.54) is 17.5 Å². The molecule has 0 aliphatic carbocycles. The van der Waals surface area contributed by atoms with Crippen LogP contribution in [-0.2, 0) is 6.18 Å². The summed E-state index contributed by atoms with van der Waals surface area (Å²) in [7, 11) is 0. The minimum absolute atomic E-state index is 0.402. The highest BCUT2D eigenvalue weighted by molar-refractivity contribution is 6.19. The lowest BCUT2D eigenvalue weighted by atomic mass is 9.88. The molecule has 19 rings (SSSR count). The second-order valence-corrected chi connectivity index (χ2v) is 24.7. The Morgan fingerprint density at radius 2 is 0.532 bits per heavy atom. The Hall–Kier alpha value is -12.1. The van der Waals surface area contributed by atoms with Crippen LogP contribution in [0.1, 0.15) is 11.1 Å². The molecule has 0 atom stereocenters. The number of hydrogen-bond acceptors (Lipinski definition) is 0. The van der Waals surface area contributed by atoms with Crippen LogP contribution in [0.4, 0.5) is 13.2 Å². The number of para-hydroxylation sites is 9. The topological polar surface area (TPSA) is 24.6 Å². The van der Waals surface area contributed by atoms with Crippen molar-refractivity contribution in [1.29, 1.82) is 0 Å². The van der Waals surface area contributed by atoms with Crippen LogP contribution >= 0.6 is 0 Å². The molecule has 19 aromatic rings. The number of nitrogens with zero attached hydrogens (tertiary/aromatic N) is 5. The lowest BCUT2D eigenvalue weighted by molar-refractivity contribution is -0.137. The quantitative estimate of drug-likeness (QED) is 0.145. The normalized spacial score (nSPS) is 12.3. The van der Waals surface area contributed by atoms with Crippen LogP contribution in [-0.4, -0.2) is 22.8 Å². The zero-order chi connectivity index (χ0) is 62.5. The molecule has 14 aromatic carbocycles. The molecule has 444 valence electrons. The molecule has 0 aliphatic heterocycles. The van der Waals surface area contributed by atoms with Crippen LogP contribution in [0.5, 0.6) is 0 Å². The molecule has 0 saturated heterocycles. The number of aromatic nitrogens is 5. The summed E-state index contributed by atoms with van der Waals surface area (Å²) in [4.78, 5) is 0. The predicted molar refractivity (Wildman–Crippen MR) is 384 cm³/mol. The van der Waals surface area contributed by atoms with Gasteiger partial charge in [0.15, 0.2) is 0 Å². The van der Waals surface area contributed by atoms with Gasteiger partial charge in [-0.3, -0.25) is 0 Å². The van der Waals surface area contributed by atoms with Crippen molar-refractivity contribution in [2.45, 2.75) is 13.1 Å². The Morgan fingerprint density at radius 3 is 0.926 bits per heavy atom. The first-order chi connectivity index (χ1) is 46.2. The molecule has 0 fully saturated rings. The van der Waals surface area contributed by atoms with E-state index in [9.17, 15) is 0 Å². The minimum Gasteiger partial charge on any atom is -0.309 e. The smallest absolute Gasteiger partial charge is 0.309 e. The van der Waals surface area contributed by atoms with Crippen molar-refractivity contribution in [2.24, 2.45) is 0 Å². The number of rotatable bonds is 8. The van der Waals surface area contributed by atoms with Crippen molar-refractivity contribution >= 4 is 109 Å².